The van der Waals surface area contributed by atoms with Crippen LogP contribution in [0.3, 0.4) is 0 Å². The van der Waals surface area contributed by atoms with Gasteiger partial charge < -0.3 is 10.1 Å². The molecule has 0 atom stereocenters. The van der Waals surface area contributed by atoms with E-state index in [-0.39, 0.29) is 12.4 Å². The van der Waals surface area contributed by atoms with Gasteiger partial charge in [-0.3, -0.25) is 0 Å². The second-order valence-corrected chi connectivity index (χ2v) is 7.42. The van der Waals surface area contributed by atoms with Gasteiger partial charge in [0.05, 0.1) is 10.0 Å². The van der Waals surface area contributed by atoms with Gasteiger partial charge in [0.15, 0.2) is 5.75 Å². The SMILES string of the molecule is Cl.Clc1ccc(COc2c(Cl)cc(CNC3CCCC3)cc2Cl)cc1. The highest BCUT2D eigenvalue weighted by molar-refractivity contribution is 6.37. The van der Waals surface area contributed by atoms with Gasteiger partial charge in [-0.05, 0) is 48.2 Å². The maximum absolute atomic E-state index is 6.36. The molecule has 2 nitrogen and oxygen atoms in total. The van der Waals surface area contributed by atoms with Gasteiger partial charge in [-0.25, -0.2) is 0 Å². The van der Waals surface area contributed by atoms with Gasteiger partial charge in [-0.1, -0.05) is 59.8 Å². The molecule has 1 N–H and O–H groups in total. The summed E-state index contributed by atoms with van der Waals surface area (Å²) in [5.74, 6) is 0.526. The summed E-state index contributed by atoms with van der Waals surface area (Å²) in [5.41, 5.74) is 2.09. The zero-order valence-corrected chi connectivity index (χ0v) is 16.8. The summed E-state index contributed by atoms with van der Waals surface area (Å²) >= 11 is 18.6. The zero-order valence-electron chi connectivity index (χ0n) is 13.7. The maximum atomic E-state index is 6.36. The van der Waals surface area contributed by atoms with Crippen LogP contribution in [0.25, 0.3) is 0 Å². The van der Waals surface area contributed by atoms with Gasteiger partial charge in [-0.15, -0.1) is 12.4 Å². The molecule has 0 aliphatic heterocycles. The van der Waals surface area contributed by atoms with E-state index in [0.29, 0.717) is 33.5 Å². The molecule has 3 rings (SSSR count). The predicted octanol–water partition coefficient (Wildman–Crippen LogP) is 6.68. The first-order valence-corrected chi connectivity index (χ1v) is 9.34. The van der Waals surface area contributed by atoms with Gasteiger partial charge in [0.25, 0.3) is 0 Å². The average Bonchev–Trinajstić information content (AvgIpc) is 3.07. The number of halogens is 4. The highest BCUT2D eigenvalue weighted by Gasteiger charge is 2.15. The van der Waals surface area contributed by atoms with Crippen LogP contribution in [-0.2, 0) is 13.2 Å². The molecule has 1 aliphatic rings. The van der Waals surface area contributed by atoms with Crippen LogP contribution < -0.4 is 10.1 Å². The van der Waals surface area contributed by atoms with Crippen LogP contribution in [0.4, 0.5) is 0 Å². The minimum absolute atomic E-state index is 0. The molecule has 0 radical (unpaired) electrons. The third-order valence-electron chi connectivity index (χ3n) is 4.30. The predicted molar refractivity (Wildman–Crippen MR) is 109 cm³/mol. The molecule has 0 unspecified atom stereocenters. The van der Waals surface area contributed by atoms with Crippen LogP contribution in [0.15, 0.2) is 36.4 Å². The van der Waals surface area contributed by atoms with Crippen LogP contribution in [-0.4, -0.2) is 6.04 Å². The van der Waals surface area contributed by atoms with Gasteiger partial charge in [-0.2, -0.15) is 0 Å². The average molecular weight is 421 g/mol. The van der Waals surface area contributed by atoms with Gasteiger partial charge in [0.2, 0.25) is 0 Å². The lowest BCUT2D eigenvalue weighted by molar-refractivity contribution is 0.306. The van der Waals surface area contributed by atoms with Crippen molar-refractivity contribution >= 4 is 47.2 Å². The van der Waals surface area contributed by atoms with Crippen molar-refractivity contribution in [2.45, 2.75) is 44.9 Å². The lowest BCUT2D eigenvalue weighted by atomic mass is 10.2. The number of hydrogen-bond donors (Lipinski definition) is 1. The molecule has 25 heavy (non-hydrogen) atoms. The van der Waals surface area contributed by atoms with Crippen LogP contribution in [0.5, 0.6) is 5.75 Å². The minimum Gasteiger partial charge on any atom is -0.486 e. The Morgan fingerprint density at radius 1 is 0.920 bits per heavy atom. The summed E-state index contributed by atoms with van der Waals surface area (Å²) in [4.78, 5) is 0. The van der Waals surface area contributed by atoms with Crippen LogP contribution in [0.2, 0.25) is 15.1 Å². The van der Waals surface area contributed by atoms with E-state index >= 15 is 0 Å². The van der Waals surface area contributed by atoms with Crippen molar-refractivity contribution in [2.75, 3.05) is 0 Å². The van der Waals surface area contributed by atoms with Crippen molar-refractivity contribution in [3.8, 4) is 5.75 Å². The Balaban J connectivity index is 0.00000225. The molecular formula is C19H21Cl4NO. The summed E-state index contributed by atoms with van der Waals surface area (Å²) in [7, 11) is 0. The molecule has 1 fully saturated rings. The first-order valence-electron chi connectivity index (χ1n) is 8.20. The maximum Gasteiger partial charge on any atom is 0.156 e. The summed E-state index contributed by atoms with van der Waals surface area (Å²) < 4.78 is 5.80. The molecule has 136 valence electrons. The molecule has 0 heterocycles. The Kier molecular flexibility index (Phi) is 8.18. The van der Waals surface area contributed by atoms with E-state index in [1.54, 1.807) is 0 Å². The fourth-order valence-electron chi connectivity index (χ4n) is 2.98. The van der Waals surface area contributed by atoms with E-state index in [1.807, 2.05) is 36.4 Å². The molecule has 0 amide bonds. The first kappa shape index (κ1) is 20.7. The standard InChI is InChI=1S/C19H20Cl3NO.ClH/c20-15-7-5-13(6-8-15)12-24-19-17(21)9-14(10-18(19)22)11-23-16-3-1-2-4-16;/h5-10,16,23H,1-4,11-12H2;1H. The highest BCUT2D eigenvalue weighted by atomic mass is 35.5. The monoisotopic (exact) mass is 419 g/mol. The quantitative estimate of drug-likeness (QED) is 0.562. The van der Waals surface area contributed by atoms with E-state index in [1.165, 1.54) is 25.7 Å². The molecule has 0 saturated heterocycles. The molecule has 2 aromatic carbocycles. The van der Waals surface area contributed by atoms with E-state index in [4.69, 9.17) is 39.5 Å². The van der Waals surface area contributed by atoms with Crippen molar-refractivity contribution < 1.29 is 4.74 Å². The Hall–Kier alpha value is -0.640. The van der Waals surface area contributed by atoms with Crippen molar-refractivity contribution in [2.24, 2.45) is 0 Å². The lowest BCUT2D eigenvalue weighted by Gasteiger charge is -2.15. The summed E-state index contributed by atoms with van der Waals surface area (Å²) in [6.07, 6.45) is 5.14. The van der Waals surface area contributed by atoms with Gasteiger partial charge >= 0.3 is 0 Å². The number of nitrogens with one attached hydrogen (secondary N) is 1. The molecule has 2 aromatic rings. The Labute approximate surface area is 170 Å². The van der Waals surface area contributed by atoms with Gasteiger partial charge in [0.1, 0.15) is 6.61 Å². The largest absolute Gasteiger partial charge is 0.486 e. The fourth-order valence-corrected chi connectivity index (χ4v) is 3.75. The normalized spacial score (nSPS) is 14.4. The summed E-state index contributed by atoms with van der Waals surface area (Å²) in [6, 6.07) is 12.0. The molecule has 1 saturated carbocycles. The van der Waals surface area contributed by atoms with Crippen LogP contribution in [0, 0.1) is 0 Å². The third-order valence-corrected chi connectivity index (χ3v) is 5.12. The molecule has 0 bridgehead atoms. The Morgan fingerprint density at radius 3 is 2.12 bits per heavy atom. The van der Waals surface area contributed by atoms with Crippen LogP contribution >= 0.6 is 47.2 Å². The molecule has 0 spiro atoms. The number of hydrogen-bond acceptors (Lipinski definition) is 2. The van der Waals surface area contributed by atoms with Crippen LogP contribution in [0.1, 0.15) is 36.8 Å². The van der Waals surface area contributed by atoms with Gasteiger partial charge in [0, 0.05) is 17.6 Å². The zero-order chi connectivity index (χ0) is 16.9. The first-order chi connectivity index (χ1) is 11.6. The Bertz CT molecular complexity index is 661. The minimum atomic E-state index is 0. The summed E-state index contributed by atoms with van der Waals surface area (Å²) in [5, 5.41) is 5.35. The van der Waals surface area contributed by atoms with E-state index in [2.05, 4.69) is 5.32 Å². The van der Waals surface area contributed by atoms with E-state index in [0.717, 1.165) is 17.7 Å². The number of rotatable bonds is 6. The summed E-state index contributed by atoms with van der Waals surface area (Å²) in [6.45, 7) is 1.18. The topological polar surface area (TPSA) is 21.3 Å². The smallest absolute Gasteiger partial charge is 0.156 e. The van der Waals surface area contributed by atoms with E-state index < -0.39 is 0 Å². The van der Waals surface area contributed by atoms with Crippen molar-refractivity contribution in [1.82, 2.24) is 5.32 Å². The third kappa shape index (κ3) is 5.94. The lowest BCUT2D eigenvalue weighted by Crippen LogP contribution is -2.25. The van der Waals surface area contributed by atoms with Crippen molar-refractivity contribution in [3.05, 3.63) is 62.6 Å². The highest BCUT2D eigenvalue weighted by Crippen LogP contribution is 2.35. The second-order valence-electron chi connectivity index (χ2n) is 6.17. The Morgan fingerprint density at radius 2 is 1.52 bits per heavy atom. The second kappa shape index (κ2) is 9.89. The fraction of sp³-hybridized carbons (Fsp3) is 0.368. The molecule has 1 aliphatic carbocycles. The molecule has 0 aromatic heterocycles. The van der Waals surface area contributed by atoms with Crippen molar-refractivity contribution in [1.29, 1.82) is 0 Å². The van der Waals surface area contributed by atoms with Crippen molar-refractivity contribution in [3.63, 3.8) is 0 Å². The number of benzene rings is 2. The number of ether oxygens (including phenoxy) is 1. The molecule has 6 heteroatoms. The molecular weight excluding hydrogens is 400 g/mol. The van der Waals surface area contributed by atoms with E-state index in [9.17, 15) is 0 Å².